The molecule has 0 aliphatic carbocycles. The molecule has 3 nitrogen and oxygen atoms in total. The van der Waals surface area contributed by atoms with Gasteiger partial charge in [-0.2, -0.15) is 16.4 Å². The Hall–Kier alpha value is -1.59. The summed E-state index contributed by atoms with van der Waals surface area (Å²) in [5.41, 5.74) is 10.4. The normalized spacial score (nSPS) is 10.9. The van der Waals surface area contributed by atoms with Crippen LogP contribution in [0.4, 0.5) is 5.82 Å². The van der Waals surface area contributed by atoms with E-state index in [1.54, 1.807) is 22.7 Å². The van der Waals surface area contributed by atoms with Gasteiger partial charge in [-0.1, -0.05) is 6.07 Å². The fraction of sp³-hybridized carbons (Fsp3) is 0.0833. The quantitative estimate of drug-likeness (QED) is 0.738. The zero-order chi connectivity index (χ0) is 11.8. The van der Waals surface area contributed by atoms with Crippen LogP contribution in [0.25, 0.3) is 21.7 Å². The minimum absolute atomic E-state index is 0.563. The SMILES string of the molecule is Cc1cscc1-c1[nH]nc(N)c1-c1cccs1. The molecule has 0 bridgehead atoms. The van der Waals surface area contributed by atoms with E-state index >= 15 is 0 Å². The fourth-order valence-electron chi connectivity index (χ4n) is 1.84. The van der Waals surface area contributed by atoms with Crippen LogP contribution in [0, 0.1) is 6.92 Å². The van der Waals surface area contributed by atoms with E-state index in [9.17, 15) is 0 Å². The van der Waals surface area contributed by atoms with Crippen LogP contribution in [-0.2, 0) is 0 Å². The predicted octanol–water partition coefficient (Wildman–Crippen LogP) is 3.76. The summed E-state index contributed by atoms with van der Waals surface area (Å²) in [5, 5.41) is 13.5. The van der Waals surface area contributed by atoms with Crippen molar-refractivity contribution in [3.8, 4) is 21.7 Å². The first-order valence-electron chi connectivity index (χ1n) is 5.18. The summed E-state index contributed by atoms with van der Waals surface area (Å²) >= 11 is 3.37. The highest BCUT2D eigenvalue weighted by Crippen LogP contribution is 2.39. The number of hydrogen-bond acceptors (Lipinski definition) is 4. The zero-order valence-corrected chi connectivity index (χ0v) is 10.9. The molecule has 0 saturated heterocycles. The highest BCUT2D eigenvalue weighted by atomic mass is 32.1. The highest BCUT2D eigenvalue weighted by Gasteiger charge is 2.17. The van der Waals surface area contributed by atoms with Crippen LogP contribution in [0.1, 0.15) is 5.56 Å². The maximum atomic E-state index is 5.96. The first-order valence-corrected chi connectivity index (χ1v) is 7.00. The van der Waals surface area contributed by atoms with Gasteiger partial charge < -0.3 is 5.73 Å². The van der Waals surface area contributed by atoms with Crippen molar-refractivity contribution < 1.29 is 0 Å². The summed E-state index contributed by atoms with van der Waals surface area (Å²) in [6.45, 7) is 2.10. The molecule has 3 aromatic heterocycles. The predicted molar refractivity (Wildman–Crippen MR) is 74.4 cm³/mol. The summed E-state index contributed by atoms with van der Waals surface area (Å²) in [7, 11) is 0. The van der Waals surface area contributed by atoms with Crippen molar-refractivity contribution in [2.24, 2.45) is 0 Å². The van der Waals surface area contributed by atoms with E-state index < -0.39 is 0 Å². The molecule has 0 fully saturated rings. The average Bonchev–Trinajstić information content (AvgIpc) is 2.98. The van der Waals surface area contributed by atoms with Crippen molar-refractivity contribution >= 4 is 28.5 Å². The van der Waals surface area contributed by atoms with E-state index in [0.717, 1.165) is 16.1 Å². The second-order valence-electron chi connectivity index (χ2n) is 3.80. The first-order chi connectivity index (χ1) is 8.27. The number of nitrogens with two attached hydrogens (primary N) is 1. The number of aromatic amines is 1. The zero-order valence-electron chi connectivity index (χ0n) is 9.23. The van der Waals surface area contributed by atoms with Crippen LogP contribution in [-0.4, -0.2) is 10.2 Å². The Morgan fingerprint density at radius 2 is 2.24 bits per heavy atom. The molecule has 3 rings (SSSR count). The molecular weight excluding hydrogens is 250 g/mol. The number of hydrogen-bond donors (Lipinski definition) is 2. The van der Waals surface area contributed by atoms with Crippen LogP contribution in [0.2, 0.25) is 0 Å². The van der Waals surface area contributed by atoms with E-state index in [0.29, 0.717) is 5.82 Å². The van der Waals surface area contributed by atoms with Crippen LogP contribution in [0.15, 0.2) is 28.3 Å². The molecular formula is C12H11N3S2. The fourth-order valence-corrected chi connectivity index (χ4v) is 3.46. The molecule has 0 atom stereocenters. The third-order valence-electron chi connectivity index (χ3n) is 2.69. The molecule has 0 spiro atoms. The number of H-pyrrole nitrogens is 1. The lowest BCUT2D eigenvalue weighted by Crippen LogP contribution is -1.86. The second-order valence-corrected chi connectivity index (χ2v) is 5.50. The van der Waals surface area contributed by atoms with E-state index in [-0.39, 0.29) is 0 Å². The molecule has 5 heteroatoms. The lowest BCUT2D eigenvalue weighted by Gasteiger charge is -2.01. The molecule has 3 aromatic rings. The van der Waals surface area contributed by atoms with E-state index in [2.05, 4.69) is 33.9 Å². The lowest BCUT2D eigenvalue weighted by molar-refractivity contribution is 1.10. The Balaban J connectivity index is 2.23. The Kier molecular flexibility index (Phi) is 2.49. The monoisotopic (exact) mass is 261 g/mol. The summed E-state index contributed by atoms with van der Waals surface area (Å²) in [5.74, 6) is 0.563. The third kappa shape index (κ3) is 1.67. The maximum Gasteiger partial charge on any atom is 0.154 e. The van der Waals surface area contributed by atoms with Crippen molar-refractivity contribution in [2.75, 3.05) is 5.73 Å². The van der Waals surface area contributed by atoms with Crippen LogP contribution in [0.3, 0.4) is 0 Å². The molecule has 0 aliphatic heterocycles. The standard InChI is InChI=1S/C12H11N3S2/c1-7-5-16-6-8(7)11-10(12(13)15-14-11)9-3-2-4-17-9/h2-6H,1H3,(H3,13,14,15). The third-order valence-corrected chi connectivity index (χ3v) is 4.44. The minimum atomic E-state index is 0.563. The minimum Gasteiger partial charge on any atom is -0.382 e. The van der Waals surface area contributed by atoms with Gasteiger partial charge in [0, 0.05) is 15.8 Å². The van der Waals surface area contributed by atoms with Gasteiger partial charge in [0.05, 0.1) is 11.3 Å². The van der Waals surface area contributed by atoms with Gasteiger partial charge >= 0.3 is 0 Å². The highest BCUT2D eigenvalue weighted by molar-refractivity contribution is 7.13. The number of aromatic nitrogens is 2. The van der Waals surface area contributed by atoms with E-state index in [4.69, 9.17) is 5.73 Å². The Labute approximate surface area is 107 Å². The van der Waals surface area contributed by atoms with E-state index in [1.807, 2.05) is 11.4 Å². The number of anilines is 1. The number of rotatable bonds is 2. The largest absolute Gasteiger partial charge is 0.382 e. The van der Waals surface area contributed by atoms with Gasteiger partial charge in [-0.3, -0.25) is 5.10 Å². The Morgan fingerprint density at radius 3 is 2.88 bits per heavy atom. The number of nitrogens with zero attached hydrogens (tertiary/aromatic N) is 1. The number of nitrogens with one attached hydrogen (secondary N) is 1. The summed E-state index contributed by atoms with van der Waals surface area (Å²) in [4.78, 5) is 1.15. The van der Waals surface area contributed by atoms with Crippen molar-refractivity contribution in [1.82, 2.24) is 10.2 Å². The molecule has 0 aromatic carbocycles. The summed E-state index contributed by atoms with van der Waals surface area (Å²) in [6.07, 6.45) is 0. The van der Waals surface area contributed by atoms with Crippen molar-refractivity contribution in [1.29, 1.82) is 0 Å². The van der Waals surface area contributed by atoms with Gasteiger partial charge in [-0.15, -0.1) is 11.3 Å². The molecule has 0 aliphatic rings. The van der Waals surface area contributed by atoms with Crippen molar-refractivity contribution in [3.63, 3.8) is 0 Å². The van der Waals surface area contributed by atoms with Gasteiger partial charge in [0.1, 0.15) is 0 Å². The van der Waals surface area contributed by atoms with Gasteiger partial charge in [-0.05, 0) is 29.3 Å². The van der Waals surface area contributed by atoms with Gasteiger partial charge in [0.2, 0.25) is 0 Å². The molecule has 0 radical (unpaired) electrons. The molecule has 0 unspecified atom stereocenters. The molecule has 0 saturated carbocycles. The molecule has 86 valence electrons. The van der Waals surface area contributed by atoms with Gasteiger partial charge in [0.15, 0.2) is 5.82 Å². The summed E-state index contributed by atoms with van der Waals surface area (Å²) in [6, 6.07) is 4.09. The van der Waals surface area contributed by atoms with Gasteiger partial charge in [0.25, 0.3) is 0 Å². The maximum absolute atomic E-state index is 5.96. The molecule has 0 amide bonds. The smallest absolute Gasteiger partial charge is 0.154 e. The first kappa shape index (κ1) is 10.6. The molecule has 3 N–H and O–H groups in total. The van der Waals surface area contributed by atoms with Crippen LogP contribution in [0.5, 0.6) is 0 Å². The number of aryl methyl sites for hydroxylation is 1. The van der Waals surface area contributed by atoms with Crippen molar-refractivity contribution in [3.05, 3.63) is 33.8 Å². The number of nitrogen functional groups attached to an aromatic ring is 1. The average molecular weight is 261 g/mol. The Morgan fingerprint density at radius 1 is 1.35 bits per heavy atom. The van der Waals surface area contributed by atoms with Crippen LogP contribution < -0.4 is 5.73 Å². The molecule has 17 heavy (non-hydrogen) atoms. The summed E-state index contributed by atoms with van der Waals surface area (Å²) < 4.78 is 0. The van der Waals surface area contributed by atoms with Crippen LogP contribution >= 0.6 is 22.7 Å². The van der Waals surface area contributed by atoms with E-state index in [1.165, 1.54) is 11.1 Å². The van der Waals surface area contributed by atoms with Gasteiger partial charge in [-0.25, -0.2) is 0 Å². The molecule has 3 heterocycles. The number of thiophene rings is 2. The van der Waals surface area contributed by atoms with Crippen molar-refractivity contribution in [2.45, 2.75) is 6.92 Å². The lowest BCUT2D eigenvalue weighted by atomic mass is 10.1. The Bertz CT molecular complexity index is 635. The second kappa shape index (κ2) is 4.01. The topological polar surface area (TPSA) is 54.7 Å².